The van der Waals surface area contributed by atoms with Crippen LogP contribution in [-0.2, 0) is 4.74 Å². The molecule has 0 radical (unpaired) electrons. The first kappa shape index (κ1) is 11.3. The number of ketones is 1. The number of aromatic amines is 1. The van der Waals surface area contributed by atoms with Gasteiger partial charge in [-0.1, -0.05) is 0 Å². The number of hydrogen-bond donors (Lipinski definition) is 1. The summed E-state index contributed by atoms with van der Waals surface area (Å²) >= 11 is 1.65. The van der Waals surface area contributed by atoms with Gasteiger partial charge in [-0.15, -0.1) is 0 Å². The van der Waals surface area contributed by atoms with Gasteiger partial charge in [0.15, 0.2) is 5.78 Å². The van der Waals surface area contributed by atoms with Crippen molar-refractivity contribution in [3.05, 3.63) is 24.0 Å². The molecule has 0 fully saturated rings. The highest BCUT2D eigenvalue weighted by molar-refractivity contribution is 7.99. The molecule has 3 nitrogen and oxygen atoms in total. The van der Waals surface area contributed by atoms with Gasteiger partial charge in [-0.2, -0.15) is 11.8 Å². The van der Waals surface area contributed by atoms with Gasteiger partial charge in [0.25, 0.3) is 0 Å². The number of methoxy groups -OCH3 is 1. The average Bonchev–Trinajstić information content (AvgIpc) is 2.70. The van der Waals surface area contributed by atoms with E-state index < -0.39 is 0 Å². The SMILES string of the molecule is COCCCSCC(=O)c1ccc[nH]1. The molecule has 1 heterocycles. The number of Topliss-reactive ketones (excluding diaryl/α,β-unsaturated/α-hetero) is 1. The third-order valence-electron chi connectivity index (χ3n) is 1.77. The number of carbonyl (C=O) groups is 1. The van der Waals surface area contributed by atoms with Crippen LogP contribution in [-0.4, -0.2) is 36.0 Å². The van der Waals surface area contributed by atoms with Crippen LogP contribution in [0, 0.1) is 0 Å². The molecule has 0 aliphatic rings. The van der Waals surface area contributed by atoms with Crippen LogP contribution in [0.15, 0.2) is 18.3 Å². The van der Waals surface area contributed by atoms with Crippen molar-refractivity contribution in [2.45, 2.75) is 6.42 Å². The second-order valence-electron chi connectivity index (χ2n) is 2.91. The zero-order valence-electron chi connectivity index (χ0n) is 8.29. The molecule has 4 heteroatoms. The molecule has 0 aliphatic heterocycles. The lowest BCUT2D eigenvalue weighted by atomic mass is 10.3. The van der Waals surface area contributed by atoms with Crippen molar-refractivity contribution in [1.29, 1.82) is 0 Å². The van der Waals surface area contributed by atoms with Crippen LogP contribution in [0.5, 0.6) is 0 Å². The Morgan fingerprint density at radius 3 is 3.14 bits per heavy atom. The molecule has 78 valence electrons. The van der Waals surface area contributed by atoms with Crippen molar-refractivity contribution in [2.24, 2.45) is 0 Å². The zero-order valence-corrected chi connectivity index (χ0v) is 9.10. The summed E-state index contributed by atoms with van der Waals surface area (Å²) in [6.45, 7) is 0.768. The maximum absolute atomic E-state index is 11.5. The van der Waals surface area contributed by atoms with Crippen molar-refractivity contribution >= 4 is 17.5 Å². The Kier molecular flexibility index (Phi) is 5.40. The van der Waals surface area contributed by atoms with E-state index in [1.807, 2.05) is 6.07 Å². The van der Waals surface area contributed by atoms with E-state index >= 15 is 0 Å². The van der Waals surface area contributed by atoms with Crippen LogP contribution in [0.3, 0.4) is 0 Å². The first-order valence-corrected chi connectivity index (χ1v) is 5.73. The summed E-state index contributed by atoms with van der Waals surface area (Å²) in [6.07, 6.45) is 2.77. The van der Waals surface area contributed by atoms with Gasteiger partial charge in [-0.05, 0) is 24.3 Å². The van der Waals surface area contributed by atoms with Gasteiger partial charge in [0, 0.05) is 19.9 Å². The number of hydrogen-bond acceptors (Lipinski definition) is 3. The zero-order chi connectivity index (χ0) is 10.2. The molecule has 0 saturated heterocycles. The van der Waals surface area contributed by atoms with Crippen LogP contribution >= 0.6 is 11.8 Å². The largest absolute Gasteiger partial charge is 0.385 e. The fraction of sp³-hybridized carbons (Fsp3) is 0.500. The van der Waals surface area contributed by atoms with Gasteiger partial charge in [-0.25, -0.2) is 0 Å². The lowest BCUT2D eigenvalue weighted by Gasteiger charge is -1.99. The van der Waals surface area contributed by atoms with Crippen LogP contribution < -0.4 is 0 Å². The van der Waals surface area contributed by atoms with Gasteiger partial charge in [-0.3, -0.25) is 4.79 Å². The topological polar surface area (TPSA) is 42.1 Å². The van der Waals surface area contributed by atoms with Crippen molar-refractivity contribution in [1.82, 2.24) is 4.98 Å². The van der Waals surface area contributed by atoms with Gasteiger partial charge in [0.2, 0.25) is 0 Å². The Morgan fingerprint density at radius 1 is 1.64 bits per heavy atom. The van der Waals surface area contributed by atoms with Crippen molar-refractivity contribution in [3.8, 4) is 0 Å². The van der Waals surface area contributed by atoms with Gasteiger partial charge in [0.1, 0.15) is 0 Å². The first-order chi connectivity index (χ1) is 6.84. The highest BCUT2D eigenvalue weighted by Crippen LogP contribution is 2.06. The Labute approximate surface area is 88.2 Å². The predicted molar refractivity (Wildman–Crippen MR) is 58.9 cm³/mol. The summed E-state index contributed by atoms with van der Waals surface area (Å²) in [5.74, 6) is 1.68. The second kappa shape index (κ2) is 6.68. The molecule has 0 spiro atoms. The number of nitrogens with one attached hydrogen (secondary N) is 1. The minimum Gasteiger partial charge on any atom is -0.385 e. The standard InChI is InChI=1S/C10H15NO2S/c1-13-6-3-7-14-8-10(12)9-4-2-5-11-9/h2,4-5,11H,3,6-8H2,1H3. The van der Waals surface area contributed by atoms with Gasteiger partial charge >= 0.3 is 0 Å². The molecule has 0 bridgehead atoms. The number of H-pyrrole nitrogens is 1. The Hall–Kier alpha value is -0.740. The molecule has 0 aromatic carbocycles. The molecule has 0 aliphatic carbocycles. The van der Waals surface area contributed by atoms with E-state index in [0.717, 1.165) is 18.8 Å². The lowest BCUT2D eigenvalue weighted by molar-refractivity contribution is 0.101. The fourth-order valence-corrected chi connectivity index (χ4v) is 1.86. The predicted octanol–water partition coefficient (Wildman–Crippen LogP) is 1.97. The third-order valence-corrected chi connectivity index (χ3v) is 2.81. The van der Waals surface area contributed by atoms with Crippen LogP contribution in [0.2, 0.25) is 0 Å². The van der Waals surface area contributed by atoms with Crippen molar-refractivity contribution < 1.29 is 9.53 Å². The number of thioether (sulfide) groups is 1. The van der Waals surface area contributed by atoms with Crippen LogP contribution in [0.4, 0.5) is 0 Å². The lowest BCUT2D eigenvalue weighted by Crippen LogP contribution is -2.03. The summed E-state index contributed by atoms with van der Waals surface area (Å²) < 4.78 is 4.92. The molecule has 0 saturated carbocycles. The molecule has 1 aromatic heterocycles. The molecule has 0 atom stereocenters. The highest BCUT2D eigenvalue weighted by Gasteiger charge is 2.05. The molecule has 1 aromatic rings. The van der Waals surface area contributed by atoms with Crippen molar-refractivity contribution in [3.63, 3.8) is 0 Å². The minimum absolute atomic E-state index is 0.164. The average molecular weight is 213 g/mol. The summed E-state index contributed by atoms with van der Waals surface area (Å²) in [4.78, 5) is 14.4. The molecular formula is C10H15NO2S. The minimum atomic E-state index is 0.164. The van der Waals surface area contributed by atoms with Crippen molar-refractivity contribution in [2.75, 3.05) is 25.2 Å². The monoisotopic (exact) mass is 213 g/mol. The molecule has 1 rings (SSSR count). The quantitative estimate of drug-likeness (QED) is 0.556. The maximum Gasteiger partial charge on any atom is 0.188 e. The molecule has 0 amide bonds. The van der Waals surface area contributed by atoms with Crippen LogP contribution in [0.25, 0.3) is 0 Å². The van der Waals surface area contributed by atoms with Gasteiger partial charge < -0.3 is 9.72 Å². The van der Waals surface area contributed by atoms with E-state index in [1.165, 1.54) is 0 Å². The summed E-state index contributed by atoms with van der Waals surface area (Å²) in [7, 11) is 1.69. The van der Waals surface area contributed by atoms with Gasteiger partial charge in [0.05, 0.1) is 11.4 Å². The van der Waals surface area contributed by atoms with E-state index in [-0.39, 0.29) is 5.78 Å². The molecule has 14 heavy (non-hydrogen) atoms. The first-order valence-electron chi connectivity index (χ1n) is 4.58. The molecule has 0 unspecified atom stereocenters. The normalized spacial score (nSPS) is 10.4. The number of rotatable bonds is 7. The smallest absolute Gasteiger partial charge is 0.188 e. The Morgan fingerprint density at radius 2 is 2.50 bits per heavy atom. The second-order valence-corrected chi connectivity index (χ2v) is 4.01. The highest BCUT2D eigenvalue weighted by atomic mass is 32.2. The Bertz CT molecular complexity index is 259. The maximum atomic E-state index is 11.5. The van der Waals surface area contributed by atoms with E-state index in [4.69, 9.17) is 4.74 Å². The Balaban J connectivity index is 2.10. The van der Waals surface area contributed by atoms with E-state index in [2.05, 4.69) is 4.98 Å². The number of ether oxygens (including phenoxy) is 1. The fourth-order valence-electron chi connectivity index (χ4n) is 1.05. The summed E-state index contributed by atoms with van der Waals surface area (Å²) in [5.41, 5.74) is 0.698. The summed E-state index contributed by atoms with van der Waals surface area (Å²) in [5, 5.41) is 0. The van der Waals surface area contributed by atoms with E-state index in [9.17, 15) is 4.79 Å². The van der Waals surface area contributed by atoms with E-state index in [0.29, 0.717) is 11.4 Å². The number of aromatic nitrogens is 1. The van der Waals surface area contributed by atoms with E-state index in [1.54, 1.807) is 31.1 Å². The molecular weight excluding hydrogens is 198 g/mol. The summed E-state index contributed by atoms with van der Waals surface area (Å²) in [6, 6.07) is 3.64. The third kappa shape index (κ3) is 3.98. The molecule has 1 N–H and O–H groups in total. The van der Waals surface area contributed by atoms with Crippen LogP contribution in [0.1, 0.15) is 16.9 Å². The number of carbonyl (C=O) groups excluding carboxylic acids is 1.